The maximum Gasteiger partial charge on any atom is 0.261 e. The van der Waals surface area contributed by atoms with E-state index in [2.05, 4.69) is 15.6 Å². The zero-order chi connectivity index (χ0) is 19.9. The molecule has 7 nitrogen and oxygen atoms in total. The maximum absolute atomic E-state index is 12.4. The molecule has 3 rings (SSSR count). The third-order valence-electron chi connectivity index (χ3n) is 4.45. The van der Waals surface area contributed by atoms with Crippen LogP contribution in [0, 0.1) is 0 Å². The number of para-hydroxylation sites is 1. The molecular formula is C21H25IN4O3. The summed E-state index contributed by atoms with van der Waals surface area (Å²) < 4.78 is 5.35. The molecule has 0 saturated carbocycles. The van der Waals surface area contributed by atoms with Crippen LogP contribution < -0.4 is 15.4 Å². The van der Waals surface area contributed by atoms with Crippen molar-refractivity contribution < 1.29 is 14.3 Å². The van der Waals surface area contributed by atoms with Gasteiger partial charge in [-0.15, -0.1) is 24.0 Å². The summed E-state index contributed by atoms with van der Waals surface area (Å²) in [4.78, 5) is 30.6. The molecule has 1 heterocycles. The minimum absolute atomic E-state index is 0. The number of hydrogen-bond donors (Lipinski definition) is 2. The molecule has 29 heavy (non-hydrogen) atoms. The van der Waals surface area contributed by atoms with Crippen LogP contribution in [0.2, 0.25) is 0 Å². The van der Waals surface area contributed by atoms with Gasteiger partial charge in [-0.25, -0.2) is 4.99 Å². The lowest BCUT2D eigenvalue weighted by Gasteiger charge is -2.16. The molecule has 2 N–H and O–H groups in total. The molecule has 2 amide bonds. The predicted octanol–water partition coefficient (Wildman–Crippen LogP) is 2.66. The quantitative estimate of drug-likeness (QED) is 0.260. The first-order valence-corrected chi connectivity index (χ1v) is 9.25. The van der Waals surface area contributed by atoms with Gasteiger partial charge in [0, 0.05) is 25.2 Å². The summed E-state index contributed by atoms with van der Waals surface area (Å²) in [5.74, 6) is 0.898. The van der Waals surface area contributed by atoms with Gasteiger partial charge in [-0.2, -0.15) is 0 Å². The van der Waals surface area contributed by atoms with Gasteiger partial charge < -0.3 is 15.4 Å². The van der Waals surface area contributed by atoms with Crippen molar-refractivity contribution in [1.29, 1.82) is 0 Å². The molecular weight excluding hydrogens is 483 g/mol. The van der Waals surface area contributed by atoms with Crippen LogP contribution in [-0.2, 0) is 6.54 Å². The number of ether oxygens (including phenoxy) is 1. The number of methoxy groups -OCH3 is 1. The van der Waals surface area contributed by atoms with E-state index in [0.717, 1.165) is 11.3 Å². The van der Waals surface area contributed by atoms with Crippen molar-refractivity contribution in [2.45, 2.75) is 13.5 Å². The van der Waals surface area contributed by atoms with E-state index in [4.69, 9.17) is 4.74 Å². The molecule has 0 aliphatic carbocycles. The largest absolute Gasteiger partial charge is 0.496 e. The highest BCUT2D eigenvalue weighted by Gasteiger charge is 2.34. The van der Waals surface area contributed by atoms with Gasteiger partial charge in [0.2, 0.25) is 0 Å². The molecule has 154 valence electrons. The van der Waals surface area contributed by atoms with E-state index in [9.17, 15) is 9.59 Å². The number of rotatable bonds is 7. The van der Waals surface area contributed by atoms with Gasteiger partial charge >= 0.3 is 0 Å². The van der Waals surface area contributed by atoms with E-state index in [1.165, 1.54) is 4.90 Å². The number of halogens is 1. The van der Waals surface area contributed by atoms with E-state index in [1.54, 1.807) is 31.4 Å². The highest BCUT2D eigenvalue weighted by atomic mass is 127. The molecule has 0 unspecified atom stereocenters. The summed E-state index contributed by atoms with van der Waals surface area (Å²) in [5, 5.41) is 6.34. The van der Waals surface area contributed by atoms with Gasteiger partial charge in [-0.05, 0) is 25.1 Å². The lowest BCUT2D eigenvalue weighted by atomic mass is 10.1. The standard InChI is InChI=1S/C21H24N4O3.HI/c1-3-22-21(24-14-15-8-4-7-11-18(15)28-2)23-12-13-25-19(26)16-9-5-6-10-17(16)20(25)27;/h4-11H,3,12-14H2,1-2H3,(H2,22,23,24);1H. The van der Waals surface area contributed by atoms with Crippen molar-refractivity contribution in [3.05, 3.63) is 65.2 Å². The van der Waals surface area contributed by atoms with Crippen LogP contribution in [0.3, 0.4) is 0 Å². The highest BCUT2D eigenvalue weighted by molar-refractivity contribution is 14.0. The van der Waals surface area contributed by atoms with Crippen molar-refractivity contribution in [1.82, 2.24) is 15.5 Å². The number of nitrogens with one attached hydrogen (secondary N) is 2. The van der Waals surface area contributed by atoms with E-state index < -0.39 is 0 Å². The lowest BCUT2D eigenvalue weighted by molar-refractivity contribution is 0.0657. The fourth-order valence-corrected chi connectivity index (χ4v) is 3.07. The normalized spacial score (nSPS) is 13.0. The van der Waals surface area contributed by atoms with Crippen LogP contribution in [0.25, 0.3) is 0 Å². The Morgan fingerprint density at radius 3 is 2.24 bits per heavy atom. The summed E-state index contributed by atoms with van der Waals surface area (Å²) in [7, 11) is 1.63. The maximum atomic E-state index is 12.4. The molecule has 2 aromatic rings. The van der Waals surface area contributed by atoms with Crippen LogP contribution >= 0.6 is 24.0 Å². The predicted molar refractivity (Wildman–Crippen MR) is 123 cm³/mol. The number of amides is 2. The topological polar surface area (TPSA) is 83.0 Å². The van der Waals surface area contributed by atoms with Crippen LogP contribution in [0.4, 0.5) is 0 Å². The van der Waals surface area contributed by atoms with E-state index in [1.807, 2.05) is 31.2 Å². The fourth-order valence-electron chi connectivity index (χ4n) is 3.07. The minimum Gasteiger partial charge on any atom is -0.496 e. The van der Waals surface area contributed by atoms with Gasteiger partial charge in [0.15, 0.2) is 5.96 Å². The Morgan fingerprint density at radius 1 is 1.00 bits per heavy atom. The number of aliphatic imine (C=N–C) groups is 1. The van der Waals surface area contributed by atoms with Crippen molar-refractivity contribution >= 4 is 41.8 Å². The highest BCUT2D eigenvalue weighted by Crippen LogP contribution is 2.21. The smallest absolute Gasteiger partial charge is 0.261 e. The van der Waals surface area contributed by atoms with E-state index >= 15 is 0 Å². The Labute approximate surface area is 187 Å². The van der Waals surface area contributed by atoms with Gasteiger partial charge in [0.25, 0.3) is 11.8 Å². The van der Waals surface area contributed by atoms with Crippen molar-refractivity contribution in [3.8, 4) is 5.75 Å². The second-order valence-corrected chi connectivity index (χ2v) is 6.24. The Kier molecular flexibility index (Phi) is 8.44. The number of fused-ring (bicyclic) bond motifs is 1. The minimum atomic E-state index is -0.252. The van der Waals surface area contributed by atoms with E-state index in [0.29, 0.717) is 36.7 Å². The molecule has 0 radical (unpaired) electrons. The number of guanidine groups is 1. The van der Waals surface area contributed by atoms with Crippen molar-refractivity contribution in [3.63, 3.8) is 0 Å². The molecule has 2 aromatic carbocycles. The molecule has 1 aliphatic rings. The Hall–Kier alpha value is -2.62. The monoisotopic (exact) mass is 508 g/mol. The lowest BCUT2D eigenvalue weighted by Crippen LogP contribution is -2.43. The third kappa shape index (κ3) is 5.26. The summed E-state index contributed by atoms with van der Waals surface area (Å²) in [6.45, 7) is 3.80. The van der Waals surface area contributed by atoms with Crippen molar-refractivity contribution in [2.24, 2.45) is 4.99 Å². The van der Waals surface area contributed by atoms with E-state index in [-0.39, 0.29) is 42.3 Å². The first-order valence-electron chi connectivity index (χ1n) is 9.25. The molecule has 0 atom stereocenters. The molecule has 8 heteroatoms. The first-order chi connectivity index (χ1) is 13.7. The number of benzene rings is 2. The Morgan fingerprint density at radius 2 is 1.62 bits per heavy atom. The van der Waals surface area contributed by atoms with Crippen LogP contribution in [-0.4, -0.2) is 49.4 Å². The molecule has 0 fully saturated rings. The fraction of sp³-hybridized carbons (Fsp3) is 0.286. The molecule has 0 spiro atoms. The number of nitrogens with zero attached hydrogens (tertiary/aromatic N) is 2. The Balaban J connectivity index is 0.00000300. The zero-order valence-corrected chi connectivity index (χ0v) is 18.8. The summed E-state index contributed by atoms with van der Waals surface area (Å²) in [6, 6.07) is 14.6. The van der Waals surface area contributed by atoms with Crippen LogP contribution in [0.1, 0.15) is 33.2 Å². The average molecular weight is 508 g/mol. The number of hydrogen-bond acceptors (Lipinski definition) is 4. The summed E-state index contributed by atoms with van der Waals surface area (Å²) in [5.41, 5.74) is 1.90. The number of carbonyl (C=O) groups is 2. The van der Waals surface area contributed by atoms with Gasteiger partial charge in [-0.1, -0.05) is 30.3 Å². The third-order valence-corrected chi connectivity index (χ3v) is 4.45. The SMILES string of the molecule is CCNC(=NCc1ccccc1OC)NCCN1C(=O)c2ccccc2C1=O.I. The van der Waals surface area contributed by atoms with Crippen molar-refractivity contribution in [2.75, 3.05) is 26.7 Å². The molecule has 0 aromatic heterocycles. The molecule has 1 aliphatic heterocycles. The summed E-state index contributed by atoms with van der Waals surface area (Å²) in [6.07, 6.45) is 0. The number of imide groups is 1. The summed E-state index contributed by atoms with van der Waals surface area (Å²) >= 11 is 0. The van der Waals surface area contributed by atoms with Crippen LogP contribution in [0.5, 0.6) is 5.75 Å². The van der Waals surface area contributed by atoms with Gasteiger partial charge in [-0.3, -0.25) is 14.5 Å². The second kappa shape index (κ2) is 10.8. The van der Waals surface area contributed by atoms with Gasteiger partial charge in [0.1, 0.15) is 5.75 Å². The average Bonchev–Trinajstić information content (AvgIpc) is 2.97. The van der Waals surface area contributed by atoms with Crippen LogP contribution in [0.15, 0.2) is 53.5 Å². The molecule has 0 saturated heterocycles. The number of carbonyl (C=O) groups excluding carboxylic acids is 2. The molecule has 0 bridgehead atoms. The zero-order valence-electron chi connectivity index (χ0n) is 16.5. The second-order valence-electron chi connectivity index (χ2n) is 6.24. The first kappa shape index (κ1) is 22.7. The van der Waals surface area contributed by atoms with Gasteiger partial charge in [0.05, 0.1) is 24.8 Å². The Bertz CT molecular complexity index is 866.